The highest BCUT2D eigenvalue weighted by atomic mass is 16.5. The van der Waals surface area contributed by atoms with E-state index in [1.54, 1.807) is 7.11 Å². The van der Waals surface area contributed by atoms with E-state index < -0.39 is 5.97 Å². The van der Waals surface area contributed by atoms with Gasteiger partial charge in [-0.25, -0.2) is 9.97 Å². The molecule has 1 saturated carbocycles. The molecule has 2 atom stereocenters. The predicted molar refractivity (Wildman–Crippen MR) is 70.3 cm³/mol. The highest BCUT2D eigenvalue weighted by Crippen LogP contribution is 2.32. The monoisotopic (exact) mass is 265 g/mol. The van der Waals surface area contributed by atoms with Crippen LogP contribution in [0.25, 0.3) is 0 Å². The van der Waals surface area contributed by atoms with Gasteiger partial charge in [0.05, 0.1) is 18.6 Å². The smallest absolute Gasteiger partial charge is 0.306 e. The number of methoxy groups -OCH3 is 1. The molecule has 0 aromatic carbocycles. The van der Waals surface area contributed by atoms with Gasteiger partial charge in [-0.1, -0.05) is 6.42 Å². The van der Waals surface area contributed by atoms with Crippen molar-refractivity contribution in [2.45, 2.75) is 26.2 Å². The van der Waals surface area contributed by atoms with Crippen LogP contribution in [0.15, 0.2) is 6.33 Å². The molecule has 1 aromatic heterocycles. The van der Waals surface area contributed by atoms with E-state index >= 15 is 0 Å². The summed E-state index contributed by atoms with van der Waals surface area (Å²) in [6.07, 6.45) is 4.14. The number of nitrogens with one attached hydrogen (secondary N) is 1. The van der Waals surface area contributed by atoms with Gasteiger partial charge in [-0.3, -0.25) is 4.79 Å². The molecule has 2 unspecified atom stereocenters. The topological polar surface area (TPSA) is 84.3 Å². The lowest BCUT2D eigenvalue weighted by atomic mass is 9.96. The molecule has 104 valence electrons. The van der Waals surface area contributed by atoms with Crippen molar-refractivity contribution in [1.82, 2.24) is 9.97 Å². The Hall–Kier alpha value is -1.85. The summed E-state index contributed by atoms with van der Waals surface area (Å²) in [5.74, 6) is 0.484. The van der Waals surface area contributed by atoms with Crippen LogP contribution in [0.3, 0.4) is 0 Å². The summed E-state index contributed by atoms with van der Waals surface area (Å²) >= 11 is 0. The third-order valence-corrected chi connectivity index (χ3v) is 3.74. The Labute approximate surface area is 112 Å². The highest BCUT2D eigenvalue weighted by molar-refractivity contribution is 5.70. The molecular weight excluding hydrogens is 246 g/mol. The first-order chi connectivity index (χ1) is 9.13. The summed E-state index contributed by atoms with van der Waals surface area (Å²) in [6, 6.07) is 0. The molecule has 2 N–H and O–H groups in total. The zero-order valence-electron chi connectivity index (χ0n) is 11.2. The minimum absolute atomic E-state index is 0.165. The van der Waals surface area contributed by atoms with E-state index in [1.165, 1.54) is 6.33 Å². The molecule has 0 spiro atoms. The molecule has 6 heteroatoms. The lowest BCUT2D eigenvalue weighted by Crippen LogP contribution is -2.25. The van der Waals surface area contributed by atoms with Crippen molar-refractivity contribution in [2.24, 2.45) is 11.8 Å². The Balaban J connectivity index is 2.01. The van der Waals surface area contributed by atoms with Crippen LogP contribution in [0.2, 0.25) is 0 Å². The molecular formula is C13H19N3O3. The second-order valence-corrected chi connectivity index (χ2v) is 4.87. The van der Waals surface area contributed by atoms with Gasteiger partial charge in [0.2, 0.25) is 5.88 Å². The van der Waals surface area contributed by atoms with Gasteiger partial charge in [0.15, 0.2) is 0 Å². The van der Waals surface area contributed by atoms with E-state index in [9.17, 15) is 4.79 Å². The van der Waals surface area contributed by atoms with Crippen LogP contribution in [0.1, 0.15) is 24.8 Å². The molecule has 2 rings (SSSR count). The largest absolute Gasteiger partial charge is 0.481 e. The van der Waals surface area contributed by atoms with Crippen molar-refractivity contribution < 1.29 is 14.6 Å². The van der Waals surface area contributed by atoms with Crippen LogP contribution in [-0.4, -0.2) is 34.7 Å². The number of hydrogen-bond donors (Lipinski definition) is 2. The molecule has 1 aliphatic rings. The number of carbonyl (C=O) groups is 1. The zero-order chi connectivity index (χ0) is 13.8. The van der Waals surface area contributed by atoms with Crippen molar-refractivity contribution in [1.29, 1.82) is 0 Å². The molecule has 0 radical (unpaired) electrons. The minimum Gasteiger partial charge on any atom is -0.481 e. The Kier molecular flexibility index (Phi) is 4.19. The van der Waals surface area contributed by atoms with E-state index in [-0.39, 0.29) is 11.8 Å². The fourth-order valence-electron chi connectivity index (χ4n) is 2.65. The summed E-state index contributed by atoms with van der Waals surface area (Å²) in [5.41, 5.74) is 0.842. The molecule has 6 nitrogen and oxygen atoms in total. The van der Waals surface area contributed by atoms with Gasteiger partial charge in [0.1, 0.15) is 12.1 Å². The number of rotatable bonds is 5. The van der Waals surface area contributed by atoms with Crippen LogP contribution in [0, 0.1) is 18.8 Å². The van der Waals surface area contributed by atoms with Gasteiger partial charge in [-0.2, -0.15) is 0 Å². The molecule has 1 aromatic rings. The standard InChI is InChI=1S/C13H19N3O3/c1-8-11(15-7-16-12(8)19-2)14-6-9-4-3-5-10(9)13(17)18/h7,9-10H,3-6H2,1-2H3,(H,17,18)(H,14,15,16). The second kappa shape index (κ2) is 5.86. The third kappa shape index (κ3) is 2.94. The van der Waals surface area contributed by atoms with Gasteiger partial charge < -0.3 is 15.2 Å². The minimum atomic E-state index is -0.693. The van der Waals surface area contributed by atoms with Crippen molar-refractivity contribution in [3.8, 4) is 5.88 Å². The number of aliphatic carboxylic acids is 1. The van der Waals surface area contributed by atoms with Crippen molar-refractivity contribution in [3.05, 3.63) is 11.9 Å². The Morgan fingerprint density at radius 2 is 2.32 bits per heavy atom. The number of anilines is 1. The van der Waals surface area contributed by atoms with Gasteiger partial charge in [-0.05, 0) is 25.7 Å². The number of carboxylic acid groups (broad SMARTS) is 1. The van der Waals surface area contributed by atoms with E-state index in [4.69, 9.17) is 9.84 Å². The number of aromatic nitrogens is 2. The van der Waals surface area contributed by atoms with Crippen LogP contribution in [0.5, 0.6) is 5.88 Å². The van der Waals surface area contributed by atoms with Crippen molar-refractivity contribution in [3.63, 3.8) is 0 Å². The predicted octanol–water partition coefficient (Wildman–Crippen LogP) is 1.71. The number of ether oxygens (including phenoxy) is 1. The van der Waals surface area contributed by atoms with Crippen LogP contribution in [-0.2, 0) is 4.79 Å². The van der Waals surface area contributed by atoms with Crippen molar-refractivity contribution >= 4 is 11.8 Å². The molecule has 0 bridgehead atoms. The molecule has 1 aliphatic carbocycles. The van der Waals surface area contributed by atoms with E-state index in [0.717, 1.165) is 24.8 Å². The fraction of sp³-hybridized carbons (Fsp3) is 0.615. The fourth-order valence-corrected chi connectivity index (χ4v) is 2.65. The van der Waals surface area contributed by atoms with E-state index in [0.29, 0.717) is 18.2 Å². The van der Waals surface area contributed by atoms with Gasteiger partial charge in [0.25, 0.3) is 0 Å². The van der Waals surface area contributed by atoms with E-state index in [1.807, 2.05) is 6.92 Å². The van der Waals surface area contributed by atoms with Gasteiger partial charge in [-0.15, -0.1) is 0 Å². The van der Waals surface area contributed by atoms with Crippen LogP contribution >= 0.6 is 0 Å². The summed E-state index contributed by atoms with van der Waals surface area (Å²) in [7, 11) is 1.57. The third-order valence-electron chi connectivity index (χ3n) is 3.74. The van der Waals surface area contributed by atoms with Gasteiger partial charge in [0, 0.05) is 6.54 Å². The second-order valence-electron chi connectivity index (χ2n) is 4.87. The molecule has 1 heterocycles. The first-order valence-corrected chi connectivity index (χ1v) is 6.45. The maximum Gasteiger partial charge on any atom is 0.306 e. The van der Waals surface area contributed by atoms with Crippen LogP contribution < -0.4 is 10.1 Å². The summed E-state index contributed by atoms with van der Waals surface area (Å²) in [4.78, 5) is 19.3. The maximum absolute atomic E-state index is 11.1. The molecule has 0 amide bonds. The van der Waals surface area contributed by atoms with E-state index in [2.05, 4.69) is 15.3 Å². The van der Waals surface area contributed by atoms with Gasteiger partial charge >= 0.3 is 5.97 Å². The lowest BCUT2D eigenvalue weighted by molar-refractivity contribution is -0.142. The number of nitrogens with zero attached hydrogens (tertiary/aromatic N) is 2. The quantitative estimate of drug-likeness (QED) is 0.843. The van der Waals surface area contributed by atoms with Crippen LogP contribution in [0.4, 0.5) is 5.82 Å². The Morgan fingerprint density at radius 1 is 1.53 bits per heavy atom. The Morgan fingerprint density at radius 3 is 3.00 bits per heavy atom. The molecule has 0 aliphatic heterocycles. The lowest BCUT2D eigenvalue weighted by Gasteiger charge is -2.17. The Bertz CT molecular complexity index is 464. The normalized spacial score (nSPS) is 22.2. The first-order valence-electron chi connectivity index (χ1n) is 6.45. The molecule has 0 saturated heterocycles. The molecule has 1 fully saturated rings. The highest BCUT2D eigenvalue weighted by Gasteiger charge is 2.32. The van der Waals surface area contributed by atoms with Crippen molar-refractivity contribution in [2.75, 3.05) is 19.0 Å². The summed E-state index contributed by atoms with van der Waals surface area (Å²) in [6.45, 7) is 2.50. The maximum atomic E-state index is 11.1. The first kappa shape index (κ1) is 13.6. The summed E-state index contributed by atoms with van der Waals surface area (Å²) in [5, 5.41) is 12.4. The summed E-state index contributed by atoms with van der Waals surface area (Å²) < 4.78 is 5.13. The number of hydrogen-bond acceptors (Lipinski definition) is 5. The SMILES string of the molecule is COc1ncnc(NCC2CCCC2C(=O)O)c1C. The molecule has 19 heavy (non-hydrogen) atoms. The average Bonchev–Trinajstić information content (AvgIpc) is 2.86. The zero-order valence-corrected chi connectivity index (χ0v) is 11.2. The average molecular weight is 265 g/mol. The number of carboxylic acids is 1.